The molecule has 1 N–H and O–H groups in total. The number of hydrogen-bond acceptors (Lipinski definition) is 3. The Kier molecular flexibility index (Phi) is 10.0. The lowest BCUT2D eigenvalue weighted by molar-refractivity contribution is -0.140. The van der Waals surface area contributed by atoms with Crippen LogP contribution in [-0.4, -0.2) is 55.5 Å². The molecule has 0 aliphatic carbocycles. The van der Waals surface area contributed by atoms with Crippen LogP contribution in [0.3, 0.4) is 0 Å². The minimum absolute atomic E-state index is 0.246. The monoisotopic (exact) mass is 323 g/mol. The molecule has 1 fully saturated rings. The van der Waals surface area contributed by atoms with E-state index < -0.39 is 0 Å². The molecule has 0 atom stereocenters. The molecule has 0 aromatic heterocycles. The molecule has 0 unspecified atom stereocenters. The zero-order valence-electron chi connectivity index (χ0n) is 15.5. The molecule has 1 saturated heterocycles. The van der Waals surface area contributed by atoms with Gasteiger partial charge >= 0.3 is 0 Å². The van der Waals surface area contributed by atoms with E-state index >= 15 is 0 Å². The molecule has 1 aliphatic rings. The number of nitrogens with zero attached hydrogens (tertiary/aromatic N) is 2. The number of carbonyl (C=O) groups is 1. The van der Waals surface area contributed by atoms with Gasteiger partial charge in [0.2, 0.25) is 5.91 Å². The van der Waals surface area contributed by atoms with E-state index in [1.165, 1.54) is 32.1 Å². The van der Waals surface area contributed by atoms with Crippen LogP contribution >= 0.6 is 0 Å². The molecule has 0 saturated carbocycles. The van der Waals surface area contributed by atoms with Gasteiger partial charge in [0.05, 0.1) is 5.92 Å². The quantitative estimate of drug-likeness (QED) is 0.529. The summed E-state index contributed by atoms with van der Waals surface area (Å²) < 4.78 is 0. The summed E-state index contributed by atoms with van der Waals surface area (Å²) >= 11 is 0. The average molecular weight is 324 g/mol. The molecule has 4 nitrogen and oxygen atoms in total. The molecular weight excluding hydrogens is 286 g/mol. The fourth-order valence-corrected chi connectivity index (χ4v) is 3.20. The van der Waals surface area contributed by atoms with E-state index in [1.807, 2.05) is 11.9 Å². The predicted molar refractivity (Wildman–Crippen MR) is 98.3 cm³/mol. The van der Waals surface area contributed by atoms with Crippen molar-refractivity contribution in [2.45, 2.75) is 52.4 Å². The standard InChI is InChI=1S/C19H37N3O/c1-5-20-12-10-8-6-7-9-11-13-21(4)19(23)18-15-22(16-18)14-17(2)3/h5,17-18,20H,1,6-16H2,2-4H3. The van der Waals surface area contributed by atoms with Crippen LogP contribution in [-0.2, 0) is 4.79 Å². The lowest BCUT2D eigenvalue weighted by Gasteiger charge is -2.40. The summed E-state index contributed by atoms with van der Waals surface area (Å²) in [5, 5.41) is 3.13. The molecule has 0 bridgehead atoms. The highest BCUT2D eigenvalue weighted by Crippen LogP contribution is 2.19. The molecule has 1 heterocycles. The van der Waals surface area contributed by atoms with Crippen LogP contribution in [0.25, 0.3) is 0 Å². The van der Waals surface area contributed by atoms with E-state index in [9.17, 15) is 4.79 Å². The molecule has 0 spiro atoms. The summed E-state index contributed by atoms with van der Waals surface area (Å²) in [7, 11) is 1.97. The Morgan fingerprint density at radius 1 is 1.22 bits per heavy atom. The lowest BCUT2D eigenvalue weighted by Crippen LogP contribution is -2.54. The minimum atomic E-state index is 0.246. The number of unbranched alkanes of at least 4 members (excludes halogenated alkanes) is 5. The SMILES string of the molecule is C=CNCCCCCCCCN(C)C(=O)C1CN(CC(C)C)C1. The van der Waals surface area contributed by atoms with E-state index in [0.717, 1.165) is 39.1 Å². The first-order valence-electron chi connectivity index (χ1n) is 9.36. The van der Waals surface area contributed by atoms with Crippen molar-refractivity contribution < 1.29 is 4.79 Å². The normalized spacial score (nSPS) is 15.5. The van der Waals surface area contributed by atoms with Crippen LogP contribution in [0.15, 0.2) is 12.8 Å². The number of amides is 1. The second kappa shape index (κ2) is 11.5. The van der Waals surface area contributed by atoms with Crippen molar-refractivity contribution in [3.8, 4) is 0 Å². The van der Waals surface area contributed by atoms with Crippen LogP contribution in [0.2, 0.25) is 0 Å². The maximum Gasteiger partial charge on any atom is 0.228 e. The van der Waals surface area contributed by atoms with Gasteiger partial charge in [-0.05, 0) is 25.0 Å². The highest BCUT2D eigenvalue weighted by molar-refractivity contribution is 5.79. The molecule has 1 rings (SSSR count). The first-order valence-corrected chi connectivity index (χ1v) is 9.36. The van der Waals surface area contributed by atoms with E-state index in [-0.39, 0.29) is 5.92 Å². The summed E-state index contributed by atoms with van der Waals surface area (Å²) in [6.07, 6.45) is 9.20. The van der Waals surface area contributed by atoms with Gasteiger partial charge in [-0.3, -0.25) is 4.79 Å². The molecule has 1 amide bonds. The largest absolute Gasteiger partial charge is 0.391 e. The van der Waals surface area contributed by atoms with E-state index in [1.54, 1.807) is 6.20 Å². The fourth-order valence-electron chi connectivity index (χ4n) is 3.20. The molecule has 1 aliphatic heterocycles. The Morgan fingerprint density at radius 3 is 2.43 bits per heavy atom. The van der Waals surface area contributed by atoms with Crippen LogP contribution in [0.4, 0.5) is 0 Å². The summed E-state index contributed by atoms with van der Waals surface area (Å²) in [6.45, 7) is 13.1. The topological polar surface area (TPSA) is 35.6 Å². The predicted octanol–water partition coefficient (Wildman–Crippen LogP) is 3.11. The van der Waals surface area contributed by atoms with E-state index in [4.69, 9.17) is 0 Å². The fraction of sp³-hybridized carbons (Fsp3) is 0.842. The van der Waals surface area contributed by atoms with Crippen LogP contribution < -0.4 is 5.32 Å². The average Bonchev–Trinajstić information content (AvgIpc) is 2.47. The first-order chi connectivity index (χ1) is 11.0. The van der Waals surface area contributed by atoms with E-state index in [2.05, 4.69) is 30.6 Å². The number of hydrogen-bond donors (Lipinski definition) is 1. The van der Waals surface area contributed by atoms with Crippen LogP contribution in [0, 0.1) is 11.8 Å². The van der Waals surface area contributed by atoms with Crippen molar-refractivity contribution in [2.24, 2.45) is 11.8 Å². The zero-order chi connectivity index (χ0) is 17.1. The van der Waals surface area contributed by atoms with Crippen molar-refractivity contribution in [1.29, 1.82) is 0 Å². The summed E-state index contributed by atoms with van der Waals surface area (Å²) in [5.74, 6) is 1.29. The second-order valence-corrected chi connectivity index (χ2v) is 7.35. The van der Waals surface area contributed by atoms with Gasteiger partial charge in [0, 0.05) is 39.8 Å². The van der Waals surface area contributed by atoms with Gasteiger partial charge in [0.15, 0.2) is 0 Å². The molecule has 0 aromatic rings. The Bertz CT molecular complexity index is 338. The number of likely N-dealkylation sites (tertiary alicyclic amines) is 1. The van der Waals surface area contributed by atoms with Crippen molar-refractivity contribution >= 4 is 5.91 Å². The third-order valence-electron chi connectivity index (χ3n) is 4.51. The highest BCUT2D eigenvalue weighted by Gasteiger charge is 2.34. The third kappa shape index (κ3) is 8.40. The molecule has 23 heavy (non-hydrogen) atoms. The van der Waals surface area contributed by atoms with Gasteiger partial charge in [0.25, 0.3) is 0 Å². The lowest BCUT2D eigenvalue weighted by atomic mass is 9.97. The summed E-state index contributed by atoms with van der Waals surface area (Å²) in [4.78, 5) is 16.6. The zero-order valence-corrected chi connectivity index (χ0v) is 15.5. The highest BCUT2D eigenvalue weighted by atomic mass is 16.2. The van der Waals surface area contributed by atoms with Gasteiger partial charge in [-0.2, -0.15) is 0 Å². The van der Waals surface area contributed by atoms with Crippen molar-refractivity contribution in [3.63, 3.8) is 0 Å². The van der Waals surface area contributed by atoms with Crippen LogP contribution in [0.1, 0.15) is 52.4 Å². The van der Waals surface area contributed by atoms with Gasteiger partial charge in [-0.1, -0.05) is 46.1 Å². The van der Waals surface area contributed by atoms with Gasteiger partial charge in [0.1, 0.15) is 0 Å². The van der Waals surface area contributed by atoms with E-state index in [0.29, 0.717) is 11.8 Å². The maximum atomic E-state index is 12.3. The van der Waals surface area contributed by atoms with Crippen molar-refractivity contribution in [3.05, 3.63) is 12.8 Å². The molecule has 0 aromatic carbocycles. The Hall–Kier alpha value is -1.03. The minimum Gasteiger partial charge on any atom is -0.391 e. The molecule has 4 heteroatoms. The number of rotatable bonds is 13. The smallest absolute Gasteiger partial charge is 0.228 e. The van der Waals surface area contributed by atoms with Gasteiger partial charge in [-0.25, -0.2) is 0 Å². The Labute approximate surface area is 143 Å². The third-order valence-corrected chi connectivity index (χ3v) is 4.51. The second-order valence-electron chi connectivity index (χ2n) is 7.35. The van der Waals surface area contributed by atoms with Crippen molar-refractivity contribution in [1.82, 2.24) is 15.1 Å². The van der Waals surface area contributed by atoms with Crippen LogP contribution in [0.5, 0.6) is 0 Å². The first kappa shape index (κ1) is 20.0. The van der Waals surface area contributed by atoms with Gasteiger partial charge < -0.3 is 15.1 Å². The number of carbonyl (C=O) groups excluding carboxylic acids is 1. The molecule has 0 radical (unpaired) electrons. The number of nitrogens with one attached hydrogen (secondary N) is 1. The molecular formula is C19H37N3O. The Morgan fingerprint density at radius 2 is 1.83 bits per heavy atom. The summed E-state index contributed by atoms with van der Waals surface area (Å²) in [6, 6.07) is 0. The molecule has 134 valence electrons. The maximum absolute atomic E-state index is 12.3. The Balaban J connectivity index is 1.96. The van der Waals surface area contributed by atoms with Gasteiger partial charge in [-0.15, -0.1) is 0 Å². The van der Waals surface area contributed by atoms with Crippen molar-refractivity contribution in [2.75, 3.05) is 39.8 Å². The summed E-state index contributed by atoms with van der Waals surface area (Å²) in [5.41, 5.74) is 0.